The van der Waals surface area contributed by atoms with Crippen LogP contribution in [-0.4, -0.2) is 31.1 Å². The van der Waals surface area contributed by atoms with E-state index in [4.69, 9.17) is 4.74 Å². The van der Waals surface area contributed by atoms with Crippen LogP contribution in [0.25, 0.3) is 0 Å². The fourth-order valence-electron chi connectivity index (χ4n) is 1.71. The maximum Gasteiger partial charge on any atom is 0.221 e. The number of rotatable bonds is 8. The van der Waals surface area contributed by atoms with Crippen LogP contribution in [0.2, 0.25) is 0 Å². The molecule has 1 amide bonds. The van der Waals surface area contributed by atoms with Gasteiger partial charge < -0.3 is 15.4 Å². The Balaban J connectivity index is 1.96. The van der Waals surface area contributed by atoms with Crippen LogP contribution in [0.5, 0.6) is 5.75 Å². The number of amides is 1. The van der Waals surface area contributed by atoms with Gasteiger partial charge in [-0.1, -0.05) is 18.2 Å². The zero-order chi connectivity index (χ0) is 14.8. The summed E-state index contributed by atoms with van der Waals surface area (Å²) in [6, 6.07) is 9.79. The molecule has 0 aliphatic heterocycles. The van der Waals surface area contributed by atoms with Crippen LogP contribution in [0.3, 0.4) is 0 Å². The number of ether oxygens (including phenoxy) is 1. The molecule has 1 aromatic rings. The molecule has 1 aromatic carbocycles. The Morgan fingerprint density at radius 1 is 1.15 bits per heavy atom. The van der Waals surface area contributed by atoms with Crippen molar-refractivity contribution in [2.75, 3.05) is 19.7 Å². The SMILES string of the molecule is CC(C)(C)NC(=O)CCNCCCOc1ccccc1. The van der Waals surface area contributed by atoms with E-state index in [1.165, 1.54) is 0 Å². The summed E-state index contributed by atoms with van der Waals surface area (Å²) in [6.45, 7) is 8.20. The minimum Gasteiger partial charge on any atom is -0.494 e. The molecule has 0 radical (unpaired) electrons. The Bertz CT molecular complexity index is 385. The van der Waals surface area contributed by atoms with Gasteiger partial charge in [0.2, 0.25) is 5.91 Å². The van der Waals surface area contributed by atoms with Gasteiger partial charge in [-0.25, -0.2) is 0 Å². The molecule has 112 valence electrons. The Kier molecular flexibility index (Phi) is 7.09. The summed E-state index contributed by atoms with van der Waals surface area (Å²) in [5, 5.41) is 6.19. The molecule has 2 N–H and O–H groups in total. The molecule has 0 atom stereocenters. The van der Waals surface area contributed by atoms with Crippen LogP contribution in [0.15, 0.2) is 30.3 Å². The lowest BCUT2D eigenvalue weighted by molar-refractivity contribution is -0.122. The lowest BCUT2D eigenvalue weighted by atomic mass is 10.1. The molecular formula is C16H26N2O2. The van der Waals surface area contributed by atoms with Crippen molar-refractivity contribution in [3.63, 3.8) is 0 Å². The van der Waals surface area contributed by atoms with E-state index in [1.807, 2.05) is 51.1 Å². The van der Waals surface area contributed by atoms with Gasteiger partial charge in [-0.2, -0.15) is 0 Å². The molecule has 1 rings (SSSR count). The summed E-state index contributed by atoms with van der Waals surface area (Å²) in [5.41, 5.74) is -0.152. The maximum absolute atomic E-state index is 11.6. The Labute approximate surface area is 121 Å². The van der Waals surface area contributed by atoms with Gasteiger partial charge >= 0.3 is 0 Å². The standard InChI is InChI=1S/C16H26N2O2/c1-16(2,3)18-15(19)10-12-17-11-7-13-20-14-8-5-4-6-9-14/h4-6,8-9,17H,7,10-13H2,1-3H3,(H,18,19). The van der Waals surface area contributed by atoms with Crippen molar-refractivity contribution >= 4 is 5.91 Å². The molecule has 0 aliphatic rings. The van der Waals surface area contributed by atoms with Crippen LogP contribution in [0.4, 0.5) is 0 Å². The highest BCUT2D eigenvalue weighted by Gasteiger charge is 2.12. The second kappa shape index (κ2) is 8.59. The van der Waals surface area contributed by atoms with E-state index in [0.717, 1.165) is 18.7 Å². The minimum absolute atomic E-state index is 0.0885. The number of hydrogen-bond donors (Lipinski definition) is 2. The van der Waals surface area contributed by atoms with E-state index in [9.17, 15) is 4.79 Å². The summed E-state index contributed by atoms with van der Waals surface area (Å²) in [4.78, 5) is 11.6. The fourth-order valence-corrected chi connectivity index (χ4v) is 1.71. The summed E-state index contributed by atoms with van der Waals surface area (Å²) < 4.78 is 5.58. The van der Waals surface area contributed by atoms with E-state index in [2.05, 4.69) is 10.6 Å². The van der Waals surface area contributed by atoms with Crippen molar-refractivity contribution in [2.24, 2.45) is 0 Å². The first-order chi connectivity index (χ1) is 9.47. The van der Waals surface area contributed by atoms with Crippen LogP contribution in [-0.2, 0) is 4.79 Å². The first-order valence-corrected chi connectivity index (χ1v) is 7.17. The zero-order valence-corrected chi connectivity index (χ0v) is 12.7. The maximum atomic E-state index is 11.6. The quantitative estimate of drug-likeness (QED) is 0.718. The summed E-state index contributed by atoms with van der Waals surface area (Å²) >= 11 is 0. The third kappa shape index (κ3) is 8.53. The molecule has 0 spiro atoms. The van der Waals surface area contributed by atoms with Crippen LogP contribution < -0.4 is 15.4 Å². The third-order valence-electron chi connectivity index (χ3n) is 2.55. The number of carbonyl (C=O) groups is 1. The Morgan fingerprint density at radius 3 is 2.50 bits per heavy atom. The van der Waals surface area contributed by atoms with Gasteiger partial charge in [0.1, 0.15) is 5.75 Å². The zero-order valence-electron chi connectivity index (χ0n) is 12.7. The highest BCUT2D eigenvalue weighted by Crippen LogP contribution is 2.07. The average Bonchev–Trinajstić information content (AvgIpc) is 2.37. The number of benzene rings is 1. The smallest absolute Gasteiger partial charge is 0.221 e. The highest BCUT2D eigenvalue weighted by atomic mass is 16.5. The number of para-hydroxylation sites is 1. The van der Waals surface area contributed by atoms with E-state index in [-0.39, 0.29) is 11.4 Å². The monoisotopic (exact) mass is 278 g/mol. The summed E-state index contributed by atoms with van der Waals surface area (Å²) in [6.07, 6.45) is 1.44. The van der Waals surface area contributed by atoms with Gasteiger partial charge in [0.05, 0.1) is 6.61 Å². The second-order valence-corrected chi connectivity index (χ2v) is 5.81. The van der Waals surface area contributed by atoms with Crippen molar-refractivity contribution in [1.82, 2.24) is 10.6 Å². The van der Waals surface area contributed by atoms with Crippen molar-refractivity contribution in [2.45, 2.75) is 39.2 Å². The van der Waals surface area contributed by atoms with Crippen molar-refractivity contribution in [3.8, 4) is 5.75 Å². The van der Waals surface area contributed by atoms with E-state index in [0.29, 0.717) is 19.6 Å². The van der Waals surface area contributed by atoms with Gasteiger partial charge in [-0.05, 0) is 45.9 Å². The molecule has 0 bridgehead atoms. The Hall–Kier alpha value is -1.55. The predicted octanol–water partition coefficient (Wildman–Crippen LogP) is 2.35. The Morgan fingerprint density at radius 2 is 1.85 bits per heavy atom. The van der Waals surface area contributed by atoms with Crippen molar-refractivity contribution in [1.29, 1.82) is 0 Å². The molecule has 0 aromatic heterocycles. The first-order valence-electron chi connectivity index (χ1n) is 7.17. The lowest BCUT2D eigenvalue weighted by Crippen LogP contribution is -2.41. The molecule has 0 aliphatic carbocycles. The second-order valence-electron chi connectivity index (χ2n) is 5.81. The normalized spacial score (nSPS) is 11.2. The first kappa shape index (κ1) is 16.5. The number of nitrogens with one attached hydrogen (secondary N) is 2. The molecule has 0 saturated heterocycles. The van der Waals surface area contributed by atoms with E-state index in [1.54, 1.807) is 0 Å². The molecule has 0 saturated carbocycles. The number of carbonyl (C=O) groups excluding carboxylic acids is 1. The summed E-state index contributed by atoms with van der Waals surface area (Å²) in [5.74, 6) is 0.989. The van der Waals surface area contributed by atoms with Gasteiger partial charge in [0.15, 0.2) is 0 Å². The van der Waals surface area contributed by atoms with Crippen molar-refractivity contribution in [3.05, 3.63) is 30.3 Å². The molecule has 4 heteroatoms. The lowest BCUT2D eigenvalue weighted by Gasteiger charge is -2.20. The van der Waals surface area contributed by atoms with E-state index < -0.39 is 0 Å². The average molecular weight is 278 g/mol. The molecule has 4 nitrogen and oxygen atoms in total. The predicted molar refractivity (Wildman–Crippen MR) is 81.9 cm³/mol. The fraction of sp³-hybridized carbons (Fsp3) is 0.562. The molecule has 0 fully saturated rings. The molecular weight excluding hydrogens is 252 g/mol. The van der Waals surface area contributed by atoms with Gasteiger partial charge in [0.25, 0.3) is 0 Å². The minimum atomic E-state index is -0.152. The van der Waals surface area contributed by atoms with Crippen LogP contribution in [0, 0.1) is 0 Å². The van der Waals surface area contributed by atoms with Gasteiger partial charge in [-0.15, -0.1) is 0 Å². The molecule has 0 heterocycles. The highest BCUT2D eigenvalue weighted by molar-refractivity contribution is 5.76. The molecule has 20 heavy (non-hydrogen) atoms. The van der Waals surface area contributed by atoms with Crippen LogP contribution in [0.1, 0.15) is 33.6 Å². The van der Waals surface area contributed by atoms with Crippen molar-refractivity contribution < 1.29 is 9.53 Å². The van der Waals surface area contributed by atoms with Gasteiger partial charge in [-0.3, -0.25) is 4.79 Å². The largest absolute Gasteiger partial charge is 0.494 e. The van der Waals surface area contributed by atoms with E-state index >= 15 is 0 Å². The van der Waals surface area contributed by atoms with Gasteiger partial charge in [0, 0.05) is 18.5 Å². The number of hydrogen-bond acceptors (Lipinski definition) is 3. The topological polar surface area (TPSA) is 50.4 Å². The molecule has 0 unspecified atom stereocenters. The third-order valence-corrected chi connectivity index (χ3v) is 2.55. The summed E-state index contributed by atoms with van der Waals surface area (Å²) in [7, 11) is 0. The van der Waals surface area contributed by atoms with Crippen LogP contribution >= 0.6 is 0 Å².